The molecule has 2 fully saturated rings. The number of rotatable bonds is 7. The molecule has 0 spiro atoms. The van der Waals surface area contributed by atoms with Crippen LogP contribution in [0.5, 0.6) is 0 Å². The van der Waals surface area contributed by atoms with Crippen molar-refractivity contribution in [2.75, 3.05) is 6.54 Å². The molecule has 2 bridgehead atoms. The molecule has 0 aromatic heterocycles. The maximum atomic E-state index is 3.85. The van der Waals surface area contributed by atoms with Crippen LogP contribution >= 0.6 is 0 Å². The number of nitrogens with one attached hydrogen (secondary N) is 1. The molecule has 2 aliphatic rings. The van der Waals surface area contributed by atoms with Crippen molar-refractivity contribution in [3.05, 3.63) is 35.9 Å². The summed E-state index contributed by atoms with van der Waals surface area (Å²) in [6.45, 7) is 5.84. The van der Waals surface area contributed by atoms with E-state index in [4.69, 9.17) is 0 Å². The minimum atomic E-state index is 0.622. The zero-order chi connectivity index (χ0) is 14.7. The monoisotopic (exact) mass is 285 g/mol. The molecule has 3 rings (SSSR count). The van der Waals surface area contributed by atoms with Crippen LogP contribution in [0.2, 0.25) is 0 Å². The van der Waals surface area contributed by atoms with Gasteiger partial charge in [0, 0.05) is 6.04 Å². The van der Waals surface area contributed by atoms with E-state index >= 15 is 0 Å². The summed E-state index contributed by atoms with van der Waals surface area (Å²) in [6.07, 6.45) is 8.69. The molecule has 1 heteroatoms. The number of benzene rings is 1. The molecule has 116 valence electrons. The van der Waals surface area contributed by atoms with Crippen molar-refractivity contribution in [3.8, 4) is 0 Å². The second kappa shape index (κ2) is 6.96. The minimum Gasteiger partial charge on any atom is -0.313 e. The van der Waals surface area contributed by atoms with Gasteiger partial charge >= 0.3 is 0 Å². The largest absolute Gasteiger partial charge is 0.313 e. The van der Waals surface area contributed by atoms with E-state index in [0.717, 1.165) is 24.3 Å². The van der Waals surface area contributed by atoms with Gasteiger partial charge in [-0.25, -0.2) is 0 Å². The SMILES string of the molecule is CCCNC(CC1CC2CCC1C2)C(C)c1ccccc1. The second-order valence-electron chi connectivity index (χ2n) is 7.43. The Morgan fingerprint density at radius 2 is 1.95 bits per heavy atom. The van der Waals surface area contributed by atoms with Crippen LogP contribution in [0.25, 0.3) is 0 Å². The quantitative estimate of drug-likeness (QED) is 0.744. The molecule has 0 radical (unpaired) electrons. The van der Waals surface area contributed by atoms with Crippen LogP contribution in [0, 0.1) is 17.8 Å². The lowest BCUT2D eigenvalue weighted by atomic mass is 9.80. The summed E-state index contributed by atoms with van der Waals surface area (Å²) in [5.41, 5.74) is 1.49. The molecule has 1 aromatic carbocycles. The van der Waals surface area contributed by atoms with Crippen molar-refractivity contribution >= 4 is 0 Å². The Morgan fingerprint density at radius 1 is 1.14 bits per heavy atom. The van der Waals surface area contributed by atoms with Crippen LogP contribution < -0.4 is 5.32 Å². The van der Waals surface area contributed by atoms with Crippen molar-refractivity contribution in [2.45, 2.75) is 64.3 Å². The Balaban J connectivity index is 1.65. The maximum Gasteiger partial charge on any atom is 0.0136 e. The summed E-state index contributed by atoms with van der Waals surface area (Å²) in [4.78, 5) is 0. The van der Waals surface area contributed by atoms with Gasteiger partial charge in [0.2, 0.25) is 0 Å². The molecular weight excluding hydrogens is 254 g/mol. The molecule has 2 aliphatic carbocycles. The average molecular weight is 285 g/mol. The van der Waals surface area contributed by atoms with E-state index in [1.807, 2.05) is 0 Å². The highest BCUT2D eigenvalue weighted by Gasteiger charge is 2.40. The Bertz CT molecular complexity index is 427. The van der Waals surface area contributed by atoms with Gasteiger partial charge in [-0.05, 0) is 67.9 Å². The molecular formula is C20H31N. The van der Waals surface area contributed by atoms with Gasteiger partial charge in [0.25, 0.3) is 0 Å². The number of fused-ring (bicyclic) bond motifs is 2. The summed E-state index contributed by atoms with van der Waals surface area (Å²) in [5.74, 6) is 3.73. The first-order valence-corrected chi connectivity index (χ1v) is 9.06. The van der Waals surface area contributed by atoms with Crippen LogP contribution in [0.4, 0.5) is 0 Å². The summed E-state index contributed by atoms with van der Waals surface area (Å²) in [7, 11) is 0. The third-order valence-corrected chi connectivity index (χ3v) is 6.03. The van der Waals surface area contributed by atoms with Crippen LogP contribution in [0.3, 0.4) is 0 Å². The second-order valence-corrected chi connectivity index (χ2v) is 7.43. The molecule has 0 aliphatic heterocycles. The molecule has 5 unspecified atom stereocenters. The lowest BCUT2D eigenvalue weighted by Crippen LogP contribution is -2.37. The van der Waals surface area contributed by atoms with E-state index in [2.05, 4.69) is 49.5 Å². The third-order valence-electron chi connectivity index (χ3n) is 6.03. The maximum absolute atomic E-state index is 3.85. The highest BCUT2D eigenvalue weighted by atomic mass is 14.9. The van der Waals surface area contributed by atoms with E-state index in [1.54, 1.807) is 0 Å². The van der Waals surface area contributed by atoms with Gasteiger partial charge in [-0.2, -0.15) is 0 Å². The van der Waals surface area contributed by atoms with Gasteiger partial charge < -0.3 is 5.32 Å². The zero-order valence-corrected chi connectivity index (χ0v) is 13.7. The Hall–Kier alpha value is -0.820. The van der Waals surface area contributed by atoms with Gasteiger partial charge in [-0.3, -0.25) is 0 Å². The van der Waals surface area contributed by atoms with E-state index in [9.17, 15) is 0 Å². The molecule has 0 amide bonds. The normalized spacial score (nSPS) is 30.5. The molecule has 0 saturated heterocycles. The van der Waals surface area contributed by atoms with Crippen molar-refractivity contribution in [1.29, 1.82) is 0 Å². The third kappa shape index (κ3) is 3.51. The van der Waals surface area contributed by atoms with Gasteiger partial charge in [-0.15, -0.1) is 0 Å². The fraction of sp³-hybridized carbons (Fsp3) is 0.700. The lowest BCUT2D eigenvalue weighted by molar-refractivity contribution is 0.264. The Labute approximate surface area is 130 Å². The molecule has 1 nitrogen and oxygen atoms in total. The van der Waals surface area contributed by atoms with Crippen molar-refractivity contribution in [3.63, 3.8) is 0 Å². The van der Waals surface area contributed by atoms with Crippen molar-refractivity contribution in [1.82, 2.24) is 5.32 Å². The molecule has 0 heterocycles. The van der Waals surface area contributed by atoms with E-state index in [-0.39, 0.29) is 0 Å². The van der Waals surface area contributed by atoms with Crippen LogP contribution in [-0.2, 0) is 0 Å². The van der Waals surface area contributed by atoms with E-state index in [0.29, 0.717) is 12.0 Å². The Morgan fingerprint density at radius 3 is 2.57 bits per heavy atom. The predicted octanol–water partition coefficient (Wildman–Crippen LogP) is 4.98. The molecule has 2 saturated carbocycles. The molecule has 1 N–H and O–H groups in total. The van der Waals surface area contributed by atoms with E-state index < -0.39 is 0 Å². The van der Waals surface area contributed by atoms with E-state index in [1.165, 1.54) is 44.1 Å². The molecule has 21 heavy (non-hydrogen) atoms. The number of hydrogen-bond donors (Lipinski definition) is 1. The fourth-order valence-corrected chi connectivity index (χ4v) is 4.77. The van der Waals surface area contributed by atoms with Crippen LogP contribution in [-0.4, -0.2) is 12.6 Å². The standard InChI is InChI=1S/C20H31N/c1-3-11-21-20(15(2)17-7-5-4-6-8-17)14-19-13-16-9-10-18(19)12-16/h4-8,15-16,18-21H,3,9-14H2,1-2H3. The van der Waals surface area contributed by atoms with Crippen molar-refractivity contribution in [2.24, 2.45) is 17.8 Å². The highest BCUT2D eigenvalue weighted by molar-refractivity contribution is 5.20. The molecule has 5 atom stereocenters. The first-order valence-electron chi connectivity index (χ1n) is 9.06. The van der Waals surface area contributed by atoms with Gasteiger partial charge in [0.15, 0.2) is 0 Å². The first-order chi connectivity index (χ1) is 10.3. The summed E-state index contributed by atoms with van der Waals surface area (Å²) in [5, 5.41) is 3.85. The van der Waals surface area contributed by atoms with Gasteiger partial charge in [0.05, 0.1) is 0 Å². The highest BCUT2D eigenvalue weighted by Crippen LogP contribution is 2.50. The summed E-state index contributed by atoms with van der Waals surface area (Å²) in [6, 6.07) is 11.7. The smallest absolute Gasteiger partial charge is 0.0136 e. The zero-order valence-electron chi connectivity index (χ0n) is 13.7. The topological polar surface area (TPSA) is 12.0 Å². The van der Waals surface area contributed by atoms with Crippen LogP contribution in [0.1, 0.15) is 63.9 Å². The fourth-order valence-electron chi connectivity index (χ4n) is 4.77. The van der Waals surface area contributed by atoms with Gasteiger partial charge in [0.1, 0.15) is 0 Å². The first kappa shape index (κ1) is 15.1. The number of hydrogen-bond acceptors (Lipinski definition) is 1. The average Bonchev–Trinajstić information content (AvgIpc) is 3.14. The van der Waals surface area contributed by atoms with Crippen molar-refractivity contribution < 1.29 is 0 Å². The molecule has 1 aromatic rings. The summed E-state index contributed by atoms with van der Waals surface area (Å²) >= 11 is 0. The predicted molar refractivity (Wildman–Crippen MR) is 90.5 cm³/mol. The Kier molecular flexibility index (Phi) is 5.00. The van der Waals surface area contributed by atoms with Crippen LogP contribution in [0.15, 0.2) is 30.3 Å². The summed E-state index contributed by atoms with van der Waals surface area (Å²) < 4.78 is 0. The van der Waals surface area contributed by atoms with Gasteiger partial charge in [-0.1, -0.05) is 50.6 Å². The minimum absolute atomic E-state index is 0.622. The lowest BCUT2D eigenvalue weighted by Gasteiger charge is -2.31.